The van der Waals surface area contributed by atoms with E-state index >= 15 is 0 Å². The summed E-state index contributed by atoms with van der Waals surface area (Å²) in [7, 11) is 0. The topological polar surface area (TPSA) is 33.1 Å². The first kappa shape index (κ1) is 13.1. The van der Waals surface area contributed by atoms with E-state index in [1.807, 2.05) is 6.20 Å². The summed E-state index contributed by atoms with van der Waals surface area (Å²) < 4.78 is 2.27. The molecule has 1 unspecified atom stereocenters. The van der Waals surface area contributed by atoms with Crippen molar-refractivity contribution in [1.82, 2.24) is 19.8 Å². The predicted octanol–water partition coefficient (Wildman–Crippen LogP) is 1.87. The molecule has 19 heavy (non-hydrogen) atoms. The van der Waals surface area contributed by atoms with Crippen LogP contribution in [-0.2, 0) is 13.1 Å². The standard InChI is InChI=1S/C15H26N4/c1-2-18-9-8-17-15(18)12-19(14-5-6-14)11-13-4-3-7-16-10-13/h8-9,13-14,16H,2-7,10-12H2,1H3. The number of piperidine rings is 1. The lowest BCUT2D eigenvalue weighted by Gasteiger charge is -2.30. The van der Waals surface area contributed by atoms with Crippen LogP contribution in [0, 0.1) is 5.92 Å². The first-order valence-electron chi connectivity index (χ1n) is 7.81. The molecule has 0 spiro atoms. The monoisotopic (exact) mass is 262 g/mol. The van der Waals surface area contributed by atoms with Crippen molar-refractivity contribution < 1.29 is 0 Å². The van der Waals surface area contributed by atoms with Gasteiger partial charge in [0.2, 0.25) is 0 Å². The Hall–Kier alpha value is -0.870. The molecule has 0 aromatic carbocycles. The van der Waals surface area contributed by atoms with Crippen molar-refractivity contribution in [2.24, 2.45) is 5.92 Å². The molecule has 1 saturated carbocycles. The van der Waals surface area contributed by atoms with Gasteiger partial charge in [0, 0.05) is 31.5 Å². The molecule has 4 heteroatoms. The minimum Gasteiger partial charge on any atom is -0.334 e. The maximum absolute atomic E-state index is 4.54. The number of hydrogen-bond acceptors (Lipinski definition) is 3. The quantitative estimate of drug-likeness (QED) is 0.849. The Morgan fingerprint density at radius 3 is 3.00 bits per heavy atom. The molecule has 0 bridgehead atoms. The van der Waals surface area contributed by atoms with Gasteiger partial charge in [-0.2, -0.15) is 0 Å². The highest BCUT2D eigenvalue weighted by Gasteiger charge is 2.31. The zero-order valence-electron chi connectivity index (χ0n) is 12.0. The van der Waals surface area contributed by atoms with Crippen molar-refractivity contribution in [3.05, 3.63) is 18.2 Å². The number of aryl methyl sites for hydroxylation is 1. The number of imidazole rings is 1. The van der Waals surface area contributed by atoms with E-state index in [4.69, 9.17) is 0 Å². The molecule has 4 nitrogen and oxygen atoms in total. The van der Waals surface area contributed by atoms with Gasteiger partial charge in [0.15, 0.2) is 0 Å². The molecule has 0 radical (unpaired) electrons. The molecule has 106 valence electrons. The first-order chi connectivity index (χ1) is 9.36. The van der Waals surface area contributed by atoms with E-state index in [0.29, 0.717) is 0 Å². The summed E-state index contributed by atoms with van der Waals surface area (Å²) in [6.45, 7) is 7.90. The smallest absolute Gasteiger partial charge is 0.122 e. The van der Waals surface area contributed by atoms with Crippen LogP contribution in [0.1, 0.15) is 38.4 Å². The van der Waals surface area contributed by atoms with Gasteiger partial charge < -0.3 is 9.88 Å². The zero-order valence-corrected chi connectivity index (χ0v) is 12.0. The maximum atomic E-state index is 4.54. The summed E-state index contributed by atoms with van der Waals surface area (Å²) in [6.07, 6.45) is 9.53. The van der Waals surface area contributed by atoms with E-state index in [-0.39, 0.29) is 0 Å². The third-order valence-electron chi connectivity index (χ3n) is 4.44. The summed E-state index contributed by atoms with van der Waals surface area (Å²) in [4.78, 5) is 7.21. The molecule has 1 aromatic heterocycles. The van der Waals surface area contributed by atoms with Gasteiger partial charge in [0.1, 0.15) is 5.82 Å². The van der Waals surface area contributed by atoms with Crippen molar-refractivity contribution in [2.75, 3.05) is 19.6 Å². The molecule has 1 N–H and O–H groups in total. The van der Waals surface area contributed by atoms with Crippen LogP contribution in [0.4, 0.5) is 0 Å². The summed E-state index contributed by atoms with van der Waals surface area (Å²) in [6, 6.07) is 0.823. The van der Waals surface area contributed by atoms with Crippen molar-refractivity contribution >= 4 is 0 Å². The third kappa shape index (κ3) is 3.37. The van der Waals surface area contributed by atoms with Crippen LogP contribution in [-0.4, -0.2) is 40.1 Å². The number of nitrogens with one attached hydrogen (secondary N) is 1. The van der Waals surface area contributed by atoms with E-state index in [1.54, 1.807) is 0 Å². The van der Waals surface area contributed by atoms with E-state index < -0.39 is 0 Å². The third-order valence-corrected chi connectivity index (χ3v) is 4.44. The number of rotatable bonds is 6. The minimum absolute atomic E-state index is 0.823. The van der Waals surface area contributed by atoms with E-state index in [9.17, 15) is 0 Å². The molecular weight excluding hydrogens is 236 g/mol. The highest BCUT2D eigenvalue weighted by atomic mass is 15.2. The van der Waals surface area contributed by atoms with Crippen LogP contribution in [0.25, 0.3) is 0 Å². The second kappa shape index (κ2) is 6.06. The maximum Gasteiger partial charge on any atom is 0.122 e. The first-order valence-corrected chi connectivity index (χ1v) is 7.81. The van der Waals surface area contributed by atoms with Gasteiger partial charge in [0.05, 0.1) is 6.54 Å². The number of hydrogen-bond donors (Lipinski definition) is 1. The lowest BCUT2D eigenvalue weighted by atomic mass is 9.99. The predicted molar refractivity (Wildman–Crippen MR) is 76.9 cm³/mol. The van der Waals surface area contributed by atoms with Gasteiger partial charge in [-0.15, -0.1) is 0 Å². The largest absolute Gasteiger partial charge is 0.334 e. The molecule has 1 atom stereocenters. The molecule has 1 aliphatic carbocycles. The molecule has 3 rings (SSSR count). The van der Waals surface area contributed by atoms with Gasteiger partial charge in [-0.05, 0) is 51.6 Å². The van der Waals surface area contributed by atoms with Crippen LogP contribution in [0.2, 0.25) is 0 Å². The Balaban J connectivity index is 1.60. The van der Waals surface area contributed by atoms with Crippen LogP contribution in [0.3, 0.4) is 0 Å². The van der Waals surface area contributed by atoms with Gasteiger partial charge in [-0.1, -0.05) is 0 Å². The highest BCUT2D eigenvalue weighted by molar-refractivity contribution is 4.96. The minimum atomic E-state index is 0.823. The Kier molecular flexibility index (Phi) is 4.18. The Morgan fingerprint density at radius 2 is 2.32 bits per heavy atom. The van der Waals surface area contributed by atoms with Crippen molar-refractivity contribution in [3.8, 4) is 0 Å². The molecular formula is C15H26N4. The SMILES string of the molecule is CCn1ccnc1CN(CC1CCCNC1)C1CC1. The Morgan fingerprint density at radius 1 is 1.42 bits per heavy atom. The molecule has 2 aliphatic rings. The molecule has 0 amide bonds. The summed E-state index contributed by atoms with van der Waals surface area (Å²) in [5.74, 6) is 2.07. The van der Waals surface area contributed by atoms with Crippen molar-refractivity contribution in [3.63, 3.8) is 0 Å². The summed E-state index contributed by atoms with van der Waals surface area (Å²) in [5, 5.41) is 3.53. The zero-order chi connectivity index (χ0) is 13.1. The van der Waals surface area contributed by atoms with Gasteiger partial charge >= 0.3 is 0 Å². The van der Waals surface area contributed by atoms with Crippen LogP contribution in [0.15, 0.2) is 12.4 Å². The van der Waals surface area contributed by atoms with Crippen molar-refractivity contribution in [1.29, 1.82) is 0 Å². The van der Waals surface area contributed by atoms with E-state index in [1.165, 1.54) is 51.1 Å². The fourth-order valence-corrected chi connectivity index (χ4v) is 3.16. The summed E-state index contributed by atoms with van der Waals surface area (Å²) in [5.41, 5.74) is 0. The van der Waals surface area contributed by atoms with Crippen LogP contribution in [0.5, 0.6) is 0 Å². The molecule has 1 aliphatic heterocycles. The Bertz CT molecular complexity index is 391. The normalized spacial score (nSPS) is 24.0. The summed E-state index contributed by atoms with van der Waals surface area (Å²) >= 11 is 0. The van der Waals surface area contributed by atoms with Crippen LogP contribution < -0.4 is 5.32 Å². The molecule has 1 saturated heterocycles. The molecule has 1 aromatic rings. The number of nitrogens with zero attached hydrogens (tertiary/aromatic N) is 3. The van der Waals surface area contributed by atoms with Gasteiger partial charge in [-0.25, -0.2) is 4.98 Å². The Labute approximate surface area is 116 Å². The molecule has 2 heterocycles. The van der Waals surface area contributed by atoms with Gasteiger partial charge in [0.25, 0.3) is 0 Å². The van der Waals surface area contributed by atoms with Crippen molar-refractivity contribution in [2.45, 2.75) is 51.7 Å². The lowest BCUT2D eigenvalue weighted by molar-refractivity contribution is 0.187. The second-order valence-corrected chi connectivity index (χ2v) is 6.00. The fourth-order valence-electron chi connectivity index (χ4n) is 3.16. The average molecular weight is 262 g/mol. The fraction of sp³-hybridized carbons (Fsp3) is 0.800. The van der Waals surface area contributed by atoms with Gasteiger partial charge in [-0.3, -0.25) is 4.90 Å². The second-order valence-electron chi connectivity index (χ2n) is 6.00. The van der Waals surface area contributed by atoms with Crippen LogP contribution >= 0.6 is 0 Å². The lowest BCUT2D eigenvalue weighted by Crippen LogP contribution is -2.39. The van der Waals surface area contributed by atoms with E-state index in [2.05, 4.69) is 32.9 Å². The highest BCUT2D eigenvalue weighted by Crippen LogP contribution is 2.29. The van der Waals surface area contributed by atoms with E-state index in [0.717, 1.165) is 25.0 Å². The number of aromatic nitrogens is 2. The molecule has 2 fully saturated rings. The average Bonchev–Trinajstić information content (AvgIpc) is 3.20.